The van der Waals surface area contributed by atoms with Gasteiger partial charge in [0.05, 0.1) is 12.4 Å². The highest BCUT2D eigenvalue weighted by molar-refractivity contribution is 14.1. The SMILES string of the molecule is [2H]c1ccc2c(c1)nc(-c1cc(I)cc(Sc3ccc(C)cc3)c1)n2C. The number of hydrogen-bond donors (Lipinski definition) is 0. The molecule has 4 rings (SSSR count). The molecule has 0 aliphatic carbocycles. The van der Waals surface area contributed by atoms with E-state index in [0.717, 1.165) is 22.4 Å². The quantitative estimate of drug-likeness (QED) is 0.336. The van der Waals surface area contributed by atoms with Gasteiger partial charge in [-0.25, -0.2) is 4.98 Å². The number of hydrogen-bond acceptors (Lipinski definition) is 2. The van der Waals surface area contributed by atoms with Crippen LogP contribution in [0.2, 0.25) is 0 Å². The second-order valence-corrected chi connectivity index (χ2v) is 8.39. The van der Waals surface area contributed by atoms with E-state index in [9.17, 15) is 0 Å². The number of imidazole rings is 1. The summed E-state index contributed by atoms with van der Waals surface area (Å²) < 4.78 is 11.1. The molecule has 4 heteroatoms. The van der Waals surface area contributed by atoms with Crippen LogP contribution in [-0.4, -0.2) is 9.55 Å². The van der Waals surface area contributed by atoms with Gasteiger partial charge in [0.1, 0.15) is 5.82 Å². The molecule has 0 amide bonds. The lowest BCUT2D eigenvalue weighted by Crippen LogP contribution is -1.93. The van der Waals surface area contributed by atoms with Gasteiger partial charge in [-0.15, -0.1) is 0 Å². The standard InChI is InChI=1S/C21H17IN2S/c1-14-7-9-17(10-8-14)25-18-12-15(11-16(22)13-18)21-23-19-5-3-4-6-20(19)24(21)2/h3-13H,1-2H3/i3D. The van der Waals surface area contributed by atoms with E-state index in [0.29, 0.717) is 6.04 Å². The Hall–Kier alpha value is -1.79. The van der Waals surface area contributed by atoms with Gasteiger partial charge < -0.3 is 4.57 Å². The Bertz CT molecular complexity index is 1100. The predicted octanol–water partition coefficient (Wildman–Crippen LogP) is 6.30. The number of aryl methyl sites for hydroxylation is 2. The second kappa shape index (κ2) is 6.84. The average molecular weight is 457 g/mol. The fourth-order valence-electron chi connectivity index (χ4n) is 2.84. The number of rotatable bonds is 3. The first-order chi connectivity index (χ1) is 12.5. The lowest BCUT2D eigenvalue weighted by molar-refractivity contribution is 0.958. The molecule has 0 spiro atoms. The maximum Gasteiger partial charge on any atom is 0.140 e. The molecule has 4 aromatic rings. The molecular formula is C21H17IN2S. The van der Waals surface area contributed by atoms with Crippen molar-refractivity contribution in [3.8, 4) is 11.4 Å². The molecule has 2 nitrogen and oxygen atoms in total. The predicted molar refractivity (Wildman–Crippen MR) is 114 cm³/mol. The van der Waals surface area contributed by atoms with Crippen molar-refractivity contribution in [2.45, 2.75) is 16.7 Å². The Labute approximate surface area is 166 Å². The molecule has 0 saturated carbocycles. The molecule has 0 N–H and O–H groups in total. The second-order valence-electron chi connectivity index (χ2n) is 6.00. The van der Waals surface area contributed by atoms with Crippen LogP contribution in [0.15, 0.2) is 76.5 Å². The molecule has 25 heavy (non-hydrogen) atoms. The zero-order valence-corrected chi connectivity index (χ0v) is 16.9. The van der Waals surface area contributed by atoms with Crippen molar-refractivity contribution < 1.29 is 1.37 Å². The highest BCUT2D eigenvalue weighted by atomic mass is 127. The maximum atomic E-state index is 7.82. The summed E-state index contributed by atoms with van der Waals surface area (Å²) in [4.78, 5) is 7.20. The summed E-state index contributed by atoms with van der Waals surface area (Å²) in [5.41, 5.74) is 4.27. The van der Waals surface area contributed by atoms with Gasteiger partial charge in [-0.2, -0.15) is 0 Å². The summed E-state index contributed by atoms with van der Waals surface area (Å²) in [6.45, 7) is 2.10. The van der Waals surface area contributed by atoms with Crippen LogP contribution in [0.4, 0.5) is 0 Å². The Kier molecular flexibility index (Phi) is 4.23. The highest BCUT2D eigenvalue weighted by Crippen LogP contribution is 2.33. The van der Waals surface area contributed by atoms with E-state index in [1.807, 2.05) is 19.2 Å². The third-order valence-corrected chi connectivity index (χ3v) is 5.71. The van der Waals surface area contributed by atoms with Crippen LogP contribution in [-0.2, 0) is 7.05 Å². The molecule has 0 aliphatic heterocycles. The van der Waals surface area contributed by atoms with Crippen molar-refractivity contribution in [1.82, 2.24) is 9.55 Å². The number of fused-ring (bicyclic) bond motifs is 1. The van der Waals surface area contributed by atoms with E-state index in [2.05, 4.69) is 76.5 Å². The topological polar surface area (TPSA) is 17.8 Å². The van der Waals surface area contributed by atoms with E-state index in [1.54, 1.807) is 17.8 Å². The minimum absolute atomic E-state index is 0.486. The first-order valence-corrected chi connectivity index (χ1v) is 9.88. The van der Waals surface area contributed by atoms with Gasteiger partial charge >= 0.3 is 0 Å². The van der Waals surface area contributed by atoms with Gasteiger partial charge in [-0.05, 0) is 72.0 Å². The molecule has 0 radical (unpaired) electrons. The highest BCUT2D eigenvalue weighted by Gasteiger charge is 2.11. The maximum absolute atomic E-state index is 7.82. The minimum Gasteiger partial charge on any atom is -0.327 e. The van der Waals surface area contributed by atoms with E-state index in [-0.39, 0.29) is 0 Å². The van der Waals surface area contributed by atoms with Gasteiger partial charge in [0.15, 0.2) is 0 Å². The van der Waals surface area contributed by atoms with Gasteiger partial charge in [-0.1, -0.05) is 41.6 Å². The number of halogens is 1. The smallest absolute Gasteiger partial charge is 0.140 e. The number of para-hydroxylation sites is 2. The summed E-state index contributed by atoms with van der Waals surface area (Å²) in [6, 6.07) is 21.2. The Balaban J connectivity index is 1.76. The van der Waals surface area contributed by atoms with Crippen LogP contribution in [0.25, 0.3) is 22.4 Å². The molecule has 124 valence electrons. The lowest BCUT2D eigenvalue weighted by Gasteiger charge is -2.08. The van der Waals surface area contributed by atoms with E-state index in [1.165, 1.54) is 18.9 Å². The number of benzene rings is 3. The van der Waals surface area contributed by atoms with Crippen molar-refractivity contribution in [2.24, 2.45) is 7.05 Å². The number of aromatic nitrogens is 2. The summed E-state index contributed by atoms with van der Waals surface area (Å²) in [5.74, 6) is 0.926. The van der Waals surface area contributed by atoms with Crippen LogP contribution in [0.1, 0.15) is 6.93 Å². The van der Waals surface area contributed by atoms with E-state index in [4.69, 9.17) is 6.35 Å². The molecule has 0 saturated heterocycles. The molecule has 1 heterocycles. The Morgan fingerprint density at radius 1 is 1.04 bits per heavy atom. The minimum atomic E-state index is 0.486. The van der Waals surface area contributed by atoms with Gasteiger partial charge in [0.2, 0.25) is 0 Å². The molecule has 0 bridgehead atoms. The molecule has 1 aromatic heterocycles. The first-order valence-electron chi connectivity index (χ1n) is 8.48. The molecule has 0 atom stereocenters. The summed E-state index contributed by atoms with van der Waals surface area (Å²) in [7, 11) is 2.03. The van der Waals surface area contributed by atoms with Crippen LogP contribution in [0.3, 0.4) is 0 Å². The van der Waals surface area contributed by atoms with Gasteiger partial charge in [0.25, 0.3) is 0 Å². The molecular weight excluding hydrogens is 439 g/mol. The van der Waals surface area contributed by atoms with Crippen molar-refractivity contribution in [3.05, 3.63) is 75.8 Å². The zero-order valence-electron chi connectivity index (χ0n) is 15.0. The largest absolute Gasteiger partial charge is 0.327 e. The van der Waals surface area contributed by atoms with Gasteiger partial charge in [0, 0.05) is 26.0 Å². The van der Waals surface area contributed by atoms with Gasteiger partial charge in [-0.3, -0.25) is 0 Å². The molecule has 0 unspecified atom stereocenters. The fourth-order valence-corrected chi connectivity index (χ4v) is 4.64. The molecule has 0 fully saturated rings. The Morgan fingerprint density at radius 2 is 1.84 bits per heavy atom. The van der Waals surface area contributed by atoms with Crippen molar-refractivity contribution in [2.75, 3.05) is 0 Å². The molecule has 3 aromatic carbocycles. The van der Waals surface area contributed by atoms with Crippen molar-refractivity contribution in [1.29, 1.82) is 0 Å². The molecule has 0 aliphatic rings. The Morgan fingerprint density at radius 3 is 2.64 bits per heavy atom. The first kappa shape index (κ1) is 15.5. The monoisotopic (exact) mass is 457 g/mol. The summed E-state index contributed by atoms with van der Waals surface area (Å²) in [6.07, 6.45) is 0. The van der Waals surface area contributed by atoms with Crippen molar-refractivity contribution >= 4 is 45.4 Å². The van der Waals surface area contributed by atoms with Crippen LogP contribution < -0.4 is 0 Å². The van der Waals surface area contributed by atoms with Crippen LogP contribution in [0.5, 0.6) is 0 Å². The average Bonchev–Trinajstić information content (AvgIpc) is 2.92. The normalized spacial score (nSPS) is 11.7. The fraction of sp³-hybridized carbons (Fsp3) is 0.0952. The van der Waals surface area contributed by atoms with E-state index < -0.39 is 0 Å². The zero-order chi connectivity index (χ0) is 18.3. The van der Waals surface area contributed by atoms with Crippen LogP contribution >= 0.6 is 34.4 Å². The van der Waals surface area contributed by atoms with E-state index >= 15 is 0 Å². The van der Waals surface area contributed by atoms with Crippen LogP contribution in [0, 0.1) is 10.5 Å². The van der Waals surface area contributed by atoms with Crippen molar-refractivity contribution in [3.63, 3.8) is 0 Å². The summed E-state index contributed by atoms with van der Waals surface area (Å²) >= 11 is 4.12. The summed E-state index contributed by atoms with van der Waals surface area (Å²) in [5, 5.41) is 0. The number of nitrogens with zero attached hydrogens (tertiary/aromatic N) is 2. The lowest BCUT2D eigenvalue weighted by atomic mass is 10.2. The third-order valence-electron chi connectivity index (χ3n) is 4.11. The third kappa shape index (κ3) is 3.46.